The molecule has 25 heavy (non-hydrogen) atoms. The first-order valence-electron chi connectivity index (χ1n) is 7.09. The fourth-order valence-corrected chi connectivity index (χ4v) is 2.15. The Balaban J connectivity index is 2.38. The number of aryl methyl sites for hydroxylation is 1. The molecular formula is C17H12F6O2. The number of alkyl halides is 6. The zero-order chi connectivity index (χ0) is 18.7. The summed E-state index contributed by atoms with van der Waals surface area (Å²) in [4.78, 5) is 10.8. The SMILES string of the molecule is O=Cc1ccc(Oc2ccccc2C(F)(F)F)c(CCC(F)(F)F)c1. The Morgan fingerprint density at radius 3 is 2.20 bits per heavy atom. The second-order valence-corrected chi connectivity index (χ2v) is 5.20. The molecule has 2 nitrogen and oxygen atoms in total. The standard InChI is InChI=1S/C17H12F6O2/c18-16(19,20)8-7-12-9-11(10-24)5-6-14(12)25-15-4-2-1-3-13(15)17(21,22)23/h1-6,9-10H,7-8H2. The lowest BCUT2D eigenvalue weighted by atomic mass is 10.1. The summed E-state index contributed by atoms with van der Waals surface area (Å²) in [6.45, 7) is 0. The normalized spacial score (nSPS) is 12.1. The molecule has 0 aliphatic carbocycles. The van der Waals surface area contributed by atoms with Crippen LogP contribution in [0.1, 0.15) is 27.9 Å². The molecule has 0 aromatic heterocycles. The second-order valence-electron chi connectivity index (χ2n) is 5.20. The maximum absolute atomic E-state index is 13.0. The van der Waals surface area contributed by atoms with Crippen molar-refractivity contribution in [2.24, 2.45) is 0 Å². The summed E-state index contributed by atoms with van der Waals surface area (Å²) >= 11 is 0. The maximum atomic E-state index is 13.0. The van der Waals surface area contributed by atoms with E-state index in [-0.39, 0.29) is 16.9 Å². The quantitative estimate of drug-likeness (QED) is 0.496. The molecule has 134 valence electrons. The van der Waals surface area contributed by atoms with E-state index < -0.39 is 36.5 Å². The third-order valence-corrected chi connectivity index (χ3v) is 3.31. The van der Waals surface area contributed by atoms with Gasteiger partial charge in [0.25, 0.3) is 0 Å². The second kappa shape index (κ2) is 7.16. The van der Waals surface area contributed by atoms with Crippen molar-refractivity contribution in [3.8, 4) is 11.5 Å². The van der Waals surface area contributed by atoms with Gasteiger partial charge < -0.3 is 4.74 Å². The molecule has 0 N–H and O–H groups in total. The van der Waals surface area contributed by atoms with Gasteiger partial charge in [0.05, 0.1) is 5.56 Å². The molecule has 0 spiro atoms. The van der Waals surface area contributed by atoms with Crippen LogP contribution in [0, 0.1) is 0 Å². The number of carbonyl (C=O) groups is 1. The molecule has 0 unspecified atom stereocenters. The van der Waals surface area contributed by atoms with E-state index in [4.69, 9.17) is 4.74 Å². The monoisotopic (exact) mass is 362 g/mol. The molecule has 0 saturated heterocycles. The molecule has 8 heteroatoms. The first-order valence-corrected chi connectivity index (χ1v) is 7.09. The lowest BCUT2D eigenvalue weighted by molar-refractivity contribution is -0.138. The van der Waals surface area contributed by atoms with E-state index in [1.54, 1.807) is 0 Å². The van der Waals surface area contributed by atoms with Crippen molar-refractivity contribution in [3.63, 3.8) is 0 Å². The van der Waals surface area contributed by atoms with Crippen molar-refractivity contribution >= 4 is 6.29 Å². The van der Waals surface area contributed by atoms with Crippen LogP contribution in [0.15, 0.2) is 42.5 Å². The molecule has 0 radical (unpaired) electrons. The highest BCUT2D eigenvalue weighted by Crippen LogP contribution is 2.39. The number of benzene rings is 2. The Labute approximate surface area is 139 Å². The van der Waals surface area contributed by atoms with Crippen LogP contribution < -0.4 is 4.74 Å². The van der Waals surface area contributed by atoms with Gasteiger partial charge in [0.1, 0.15) is 17.8 Å². The molecule has 0 heterocycles. The van der Waals surface area contributed by atoms with E-state index in [9.17, 15) is 31.1 Å². The highest BCUT2D eigenvalue weighted by molar-refractivity contribution is 5.75. The van der Waals surface area contributed by atoms with Crippen LogP contribution in [0.5, 0.6) is 11.5 Å². The summed E-state index contributed by atoms with van der Waals surface area (Å²) in [6.07, 6.45) is -10.4. The van der Waals surface area contributed by atoms with E-state index in [0.717, 1.165) is 12.1 Å². The van der Waals surface area contributed by atoms with Crippen LogP contribution >= 0.6 is 0 Å². The molecule has 0 bridgehead atoms. The zero-order valence-corrected chi connectivity index (χ0v) is 12.6. The van der Waals surface area contributed by atoms with E-state index in [1.807, 2.05) is 0 Å². The van der Waals surface area contributed by atoms with Crippen LogP contribution in [0.25, 0.3) is 0 Å². The molecule has 0 saturated carbocycles. The van der Waals surface area contributed by atoms with Crippen molar-refractivity contribution in [3.05, 3.63) is 59.2 Å². The van der Waals surface area contributed by atoms with Crippen LogP contribution in [0.3, 0.4) is 0 Å². The fourth-order valence-electron chi connectivity index (χ4n) is 2.15. The van der Waals surface area contributed by atoms with Gasteiger partial charge in [-0.1, -0.05) is 12.1 Å². The predicted molar refractivity (Wildman–Crippen MR) is 77.7 cm³/mol. The Morgan fingerprint density at radius 2 is 1.60 bits per heavy atom. The highest BCUT2D eigenvalue weighted by Gasteiger charge is 2.34. The molecular weight excluding hydrogens is 350 g/mol. The van der Waals surface area contributed by atoms with Crippen LogP contribution in [-0.4, -0.2) is 12.5 Å². The predicted octanol–water partition coefficient (Wildman–Crippen LogP) is 5.81. The van der Waals surface area contributed by atoms with Crippen LogP contribution in [0.4, 0.5) is 26.3 Å². The topological polar surface area (TPSA) is 26.3 Å². The van der Waals surface area contributed by atoms with E-state index in [0.29, 0.717) is 6.29 Å². The molecule has 0 aliphatic rings. The van der Waals surface area contributed by atoms with E-state index in [1.165, 1.54) is 30.3 Å². The first kappa shape index (κ1) is 18.8. The third-order valence-electron chi connectivity index (χ3n) is 3.31. The number of ether oxygens (including phenoxy) is 1. The minimum Gasteiger partial charge on any atom is -0.456 e. The van der Waals surface area contributed by atoms with Crippen molar-refractivity contribution in [1.29, 1.82) is 0 Å². The largest absolute Gasteiger partial charge is 0.456 e. The third kappa shape index (κ3) is 5.23. The van der Waals surface area contributed by atoms with Gasteiger partial charge in [0, 0.05) is 12.0 Å². The van der Waals surface area contributed by atoms with Crippen molar-refractivity contribution in [2.45, 2.75) is 25.2 Å². The smallest absolute Gasteiger partial charge is 0.419 e. The lowest BCUT2D eigenvalue weighted by Crippen LogP contribution is -2.10. The fraction of sp³-hybridized carbons (Fsp3) is 0.235. The van der Waals surface area contributed by atoms with Gasteiger partial charge in [-0.05, 0) is 42.3 Å². The summed E-state index contributed by atoms with van der Waals surface area (Å²) in [6, 6.07) is 7.99. The molecule has 0 aliphatic heterocycles. The van der Waals surface area contributed by atoms with Gasteiger partial charge in [-0.3, -0.25) is 4.79 Å². The molecule has 2 aromatic carbocycles. The van der Waals surface area contributed by atoms with E-state index >= 15 is 0 Å². The Bertz CT molecular complexity index is 750. The van der Waals surface area contributed by atoms with Gasteiger partial charge in [0.2, 0.25) is 0 Å². The van der Waals surface area contributed by atoms with Crippen molar-refractivity contribution in [1.82, 2.24) is 0 Å². The van der Waals surface area contributed by atoms with Gasteiger partial charge in [-0.25, -0.2) is 0 Å². The van der Waals surface area contributed by atoms with Gasteiger partial charge in [-0.2, -0.15) is 26.3 Å². The summed E-state index contributed by atoms with van der Waals surface area (Å²) in [7, 11) is 0. The minimum absolute atomic E-state index is 0.00102. The summed E-state index contributed by atoms with van der Waals surface area (Å²) in [5, 5.41) is 0. The number of halogens is 6. The summed E-state index contributed by atoms with van der Waals surface area (Å²) in [5.41, 5.74) is -0.941. The molecule has 2 rings (SSSR count). The van der Waals surface area contributed by atoms with Crippen LogP contribution in [0.2, 0.25) is 0 Å². The van der Waals surface area contributed by atoms with Gasteiger partial charge >= 0.3 is 12.4 Å². The van der Waals surface area contributed by atoms with Crippen molar-refractivity contribution < 1.29 is 35.9 Å². The van der Waals surface area contributed by atoms with Gasteiger partial charge in [0.15, 0.2) is 0 Å². The Hall–Kier alpha value is -2.51. The average molecular weight is 362 g/mol. The number of carbonyl (C=O) groups excluding carboxylic acids is 1. The highest BCUT2D eigenvalue weighted by atomic mass is 19.4. The summed E-state index contributed by atoms with van der Waals surface area (Å²) < 4.78 is 81.6. The zero-order valence-electron chi connectivity index (χ0n) is 12.6. The number of hydrogen-bond acceptors (Lipinski definition) is 2. The number of hydrogen-bond donors (Lipinski definition) is 0. The van der Waals surface area contributed by atoms with E-state index in [2.05, 4.69) is 0 Å². The summed E-state index contributed by atoms with van der Waals surface area (Å²) in [5.74, 6) is -0.686. The van der Waals surface area contributed by atoms with Gasteiger partial charge in [-0.15, -0.1) is 0 Å². The lowest BCUT2D eigenvalue weighted by Gasteiger charge is -2.16. The Morgan fingerprint density at radius 1 is 0.920 bits per heavy atom. The molecule has 0 atom stereocenters. The maximum Gasteiger partial charge on any atom is 0.419 e. The van der Waals surface area contributed by atoms with Crippen molar-refractivity contribution in [2.75, 3.05) is 0 Å². The number of rotatable bonds is 5. The molecule has 0 amide bonds. The number of aldehydes is 1. The van der Waals surface area contributed by atoms with Crippen LogP contribution in [-0.2, 0) is 12.6 Å². The first-order chi connectivity index (χ1) is 11.6. The average Bonchev–Trinajstić information content (AvgIpc) is 2.52. The Kier molecular flexibility index (Phi) is 5.39. The minimum atomic E-state index is -4.68. The molecule has 0 fully saturated rings. The molecule has 2 aromatic rings. The number of para-hydroxylation sites is 1.